The second kappa shape index (κ2) is 12.8. The highest BCUT2D eigenvalue weighted by Crippen LogP contribution is 2.43. The quantitative estimate of drug-likeness (QED) is 0.222. The van der Waals surface area contributed by atoms with Gasteiger partial charge < -0.3 is 19.8 Å². The Morgan fingerprint density at radius 3 is 2.35 bits per heavy atom. The van der Waals surface area contributed by atoms with E-state index < -0.39 is 20.0 Å². The van der Waals surface area contributed by atoms with Gasteiger partial charge in [0.25, 0.3) is 0 Å². The van der Waals surface area contributed by atoms with E-state index in [9.17, 15) is 19.4 Å². The summed E-state index contributed by atoms with van der Waals surface area (Å²) < 4.78 is 22.5. The molecule has 156 valence electrons. The van der Waals surface area contributed by atoms with Crippen molar-refractivity contribution in [3.8, 4) is 0 Å². The summed E-state index contributed by atoms with van der Waals surface area (Å²) in [5.41, 5.74) is 0. The molecule has 0 radical (unpaired) electrons. The van der Waals surface area contributed by atoms with E-state index in [1.54, 1.807) is 6.92 Å². The molecule has 3 N–H and O–H groups in total. The van der Waals surface area contributed by atoms with Crippen molar-refractivity contribution in [2.75, 3.05) is 40.9 Å². The van der Waals surface area contributed by atoms with E-state index in [2.05, 4.69) is 12.2 Å². The number of unbranched alkanes of at least 4 members (excludes halogenated alkanes) is 3. The van der Waals surface area contributed by atoms with Crippen molar-refractivity contribution < 1.29 is 32.9 Å². The van der Waals surface area contributed by atoms with Crippen LogP contribution in [0.1, 0.15) is 52.4 Å². The first kappa shape index (κ1) is 25.5. The number of nitrogens with one attached hydrogen (secondary N) is 1. The molecule has 1 amide bonds. The number of hydrogen-bond donors (Lipinski definition) is 3. The average molecular weight is 397 g/mol. The molecule has 0 rings (SSSR count). The van der Waals surface area contributed by atoms with Gasteiger partial charge in [-0.3, -0.25) is 13.8 Å². The van der Waals surface area contributed by atoms with Crippen LogP contribution in [0.5, 0.6) is 0 Å². The number of aliphatic hydroxyl groups is 1. The van der Waals surface area contributed by atoms with E-state index in [4.69, 9.17) is 9.05 Å². The summed E-state index contributed by atoms with van der Waals surface area (Å²) in [5, 5.41) is 13.0. The van der Waals surface area contributed by atoms with Crippen molar-refractivity contribution in [3.05, 3.63) is 0 Å². The summed E-state index contributed by atoms with van der Waals surface area (Å²) >= 11 is 0. The first-order valence-electron chi connectivity index (χ1n) is 9.40. The molecule has 0 aliphatic carbocycles. The zero-order valence-electron chi connectivity index (χ0n) is 16.9. The predicted octanol–water partition coefficient (Wildman–Crippen LogP) is 2.05. The molecule has 0 spiro atoms. The third kappa shape index (κ3) is 13.7. The van der Waals surface area contributed by atoms with Crippen LogP contribution in [0.25, 0.3) is 0 Å². The highest BCUT2D eigenvalue weighted by Gasteiger charge is 2.28. The smallest absolute Gasteiger partial charge is 0.391 e. The lowest BCUT2D eigenvalue weighted by atomic mass is 10.0. The van der Waals surface area contributed by atoms with Crippen LogP contribution in [-0.4, -0.2) is 73.4 Å². The van der Waals surface area contributed by atoms with E-state index in [0.717, 1.165) is 25.7 Å². The topological polar surface area (TPSA) is 105 Å². The second-order valence-corrected chi connectivity index (χ2v) is 9.01. The van der Waals surface area contributed by atoms with Crippen molar-refractivity contribution in [3.63, 3.8) is 0 Å². The maximum Gasteiger partial charge on any atom is 0.472 e. The molecule has 9 heteroatoms. The van der Waals surface area contributed by atoms with Gasteiger partial charge in [-0.2, -0.15) is 0 Å². The van der Waals surface area contributed by atoms with Gasteiger partial charge in [0.15, 0.2) is 0 Å². The molecule has 0 fully saturated rings. The van der Waals surface area contributed by atoms with Crippen LogP contribution in [0.3, 0.4) is 0 Å². The number of carbonyl (C=O) groups excluding carboxylic acids is 1. The molecule has 0 aromatic heterocycles. The maximum absolute atomic E-state index is 12.0. The minimum Gasteiger partial charge on any atom is -0.391 e. The Bertz CT molecular complexity index is 441. The number of hydrogen-bond acceptors (Lipinski definition) is 5. The standard InChI is InChI=1S/C17H37N2O6P/c1-6-8-9-10-11-16(20)15(18-17(21)7-2)14-25-26(22,23)24-13-12-19(3,4)5/h15-16,20H,6-14H2,1-5H3,(H-,18,21,22,23)/p+1/t15-,16+/m0/s1. The van der Waals surface area contributed by atoms with Crippen LogP contribution in [0.2, 0.25) is 0 Å². The normalized spacial score (nSPS) is 16.7. The molecule has 3 atom stereocenters. The minimum atomic E-state index is -4.23. The fourth-order valence-corrected chi connectivity index (χ4v) is 2.92. The van der Waals surface area contributed by atoms with Gasteiger partial charge in [0.05, 0.1) is 39.9 Å². The van der Waals surface area contributed by atoms with E-state index in [-0.39, 0.29) is 25.5 Å². The molecule has 0 aromatic carbocycles. The number of nitrogens with zero attached hydrogens (tertiary/aromatic N) is 1. The van der Waals surface area contributed by atoms with Gasteiger partial charge in [-0.15, -0.1) is 0 Å². The number of phosphoric ester groups is 1. The number of phosphoric acid groups is 1. The molecule has 26 heavy (non-hydrogen) atoms. The third-order valence-electron chi connectivity index (χ3n) is 3.92. The summed E-state index contributed by atoms with van der Waals surface area (Å²) in [4.78, 5) is 21.5. The minimum absolute atomic E-state index is 0.0723. The zero-order valence-corrected chi connectivity index (χ0v) is 17.8. The van der Waals surface area contributed by atoms with Crippen LogP contribution in [0.15, 0.2) is 0 Å². The fourth-order valence-electron chi connectivity index (χ4n) is 2.18. The van der Waals surface area contributed by atoms with Gasteiger partial charge in [0, 0.05) is 6.42 Å². The number of likely N-dealkylation sites (N-methyl/N-ethyl adjacent to an activating group) is 1. The summed E-state index contributed by atoms with van der Waals surface area (Å²) in [6, 6.07) is -0.744. The van der Waals surface area contributed by atoms with Gasteiger partial charge in [-0.1, -0.05) is 39.5 Å². The summed E-state index contributed by atoms with van der Waals surface area (Å²) in [6.45, 7) is 4.14. The Hall–Kier alpha value is -0.500. The lowest BCUT2D eigenvalue weighted by Gasteiger charge is -2.26. The van der Waals surface area contributed by atoms with Gasteiger partial charge in [-0.05, 0) is 6.42 Å². The first-order chi connectivity index (χ1) is 12.0. The number of carbonyl (C=O) groups is 1. The molecular weight excluding hydrogens is 359 g/mol. The predicted molar refractivity (Wildman–Crippen MR) is 102 cm³/mol. The number of aliphatic hydroxyl groups excluding tert-OH is 1. The highest BCUT2D eigenvalue weighted by atomic mass is 31.2. The highest BCUT2D eigenvalue weighted by molar-refractivity contribution is 7.47. The summed E-state index contributed by atoms with van der Waals surface area (Å²) in [7, 11) is 1.59. The van der Waals surface area contributed by atoms with E-state index in [1.165, 1.54) is 0 Å². The van der Waals surface area contributed by atoms with Crippen molar-refractivity contribution >= 4 is 13.7 Å². The van der Waals surface area contributed by atoms with Crippen molar-refractivity contribution in [1.82, 2.24) is 5.32 Å². The molecule has 0 aliphatic heterocycles. The molecule has 0 aliphatic rings. The van der Waals surface area contributed by atoms with Crippen LogP contribution in [-0.2, 0) is 18.4 Å². The van der Waals surface area contributed by atoms with Crippen LogP contribution < -0.4 is 5.32 Å². The van der Waals surface area contributed by atoms with Gasteiger partial charge >= 0.3 is 7.82 Å². The molecule has 0 saturated heterocycles. The fraction of sp³-hybridized carbons (Fsp3) is 0.941. The molecular formula is C17H38N2O6P+. The average Bonchev–Trinajstić information content (AvgIpc) is 2.53. The maximum atomic E-state index is 12.0. The van der Waals surface area contributed by atoms with E-state index in [1.807, 2.05) is 21.1 Å². The van der Waals surface area contributed by atoms with Gasteiger partial charge in [0.1, 0.15) is 13.2 Å². The lowest BCUT2D eigenvalue weighted by Crippen LogP contribution is -2.46. The van der Waals surface area contributed by atoms with Crippen molar-refractivity contribution in [2.45, 2.75) is 64.5 Å². The lowest BCUT2D eigenvalue weighted by molar-refractivity contribution is -0.870. The second-order valence-electron chi connectivity index (χ2n) is 7.56. The molecule has 0 heterocycles. The third-order valence-corrected chi connectivity index (χ3v) is 4.90. The SMILES string of the molecule is CCCCCC[C@@H](O)[C@H](COP(=O)(O)OCC[N+](C)(C)C)NC(=O)CC. The largest absolute Gasteiger partial charge is 0.472 e. The van der Waals surface area contributed by atoms with Gasteiger partial charge in [-0.25, -0.2) is 4.57 Å². The Morgan fingerprint density at radius 1 is 1.15 bits per heavy atom. The van der Waals surface area contributed by atoms with Crippen LogP contribution in [0.4, 0.5) is 0 Å². The Balaban J connectivity index is 4.55. The Kier molecular flexibility index (Phi) is 12.6. The molecule has 8 nitrogen and oxygen atoms in total. The number of amides is 1. The molecule has 0 aromatic rings. The monoisotopic (exact) mass is 397 g/mol. The number of quaternary nitrogens is 1. The molecule has 0 saturated carbocycles. The Morgan fingerprint density at radius 2 is 1.81 bits per heavy atom. The summed E-state index contributed by atoms with van der Waals surface area (Å²) in [5.74, 6) is -0.245. The van der Waals surface area contributed by atoms with Crippen LogP contribution in [0, 0.1) is 0 Å². The van der Waals surface area contributed by atoms with E-state index >= 15 is 0 Å². The summed E-state index contributed by atoms with van der Waals surface area (Å²) in [6.07, 6.45) is 3.91. The Labute approximate surface area is 158 Å². The van der Waals surface area contributed by atoms with Crippen LogP contribution >= 0.6 is 7.82 Å². The van der Waals surface area contributed by atoms with Gasteiger partial charge in [0.2, 0.25) is 5.91 Å². The molecule has 0 bridgehead atoms. The molecule has 1 unspecified atom stereocenters. The van der Waals surface area contributed by atoms with E-state index in [0.29, 0.717) is 17.4 Å². The first-order valence-corrected chi connectivity index (χ1v) is 10.9. The number of rotatable bonds is 15. The van der Waals surface area contributed by atoms with Crippen molar-refractivity contribution in [1.29, 1.82) is 0 Å². The van der Waals surface area contributed by atoms with Crippen molar-refractivity contribution in [2.24, 2.45) is 0 Å². The zero-order chi connectivity index (χ0) is 20.2.